The van der Waals surface area contributed by atoms with Gasteiger partial charge >= 0.3 is 21.6 Å². The van der Waals surface area contributed by atoms with Gasteiger partial charge in [-0.05, 0) is 0 Å². The average molecular weight is 368 g/mol. The molecule has 0 saturated heterocycles. The van der Waals surface area contributed by atoms with E-state index >= 15 is 0 Å². The average Bonchev–Trinajstić information content (AvgIpc) is 1.44. The second kappa shape index (κ2) is 4.56. The summed E-state index contributed by atoms with van der Waals surface area (Å²) in [5.74, 6) is 0. The van der Waals surface area contributed by atoms with Crippen LogP contribution in [0.15, 0.2) is 0 Å². The normalized spacial score (nSPS) is 15.2. The largest absolute Gasteiger partial charge is 0.606 e. The maximum atomic E-state index is 12.9. The van der Waals surface area contributed by atoms with E-state index in [0.29, 0.717) is 0 Å². The Morgan fingerprint density at radius 3 is 1.08 bits per heavy atom. The molecule has 0 aromatic rings. The monoisotopic (exact) mass is 365 g/mol. The zero-order valence-corrected chi connectivity index (χ0v) is 12.9. The summed E-state index contributed by atoms with van der Waals surface area (Å²) in [6.45, 7) is 0. The minimum absolute atomic E-state index is 0.428. The molecule has 0 spiro atoms. The first-order valence-corrected chi connectivity index (χ1v) is 13.9. The van der Waals surface area contributed by atoms with Gasteiger partial charge in [0.15, 0.2) is 0 Å². The second-order valence-electron chi connectivity index (χ2n) is 1.74. The van der Waals surface area contributed by atoms with E-state index in [2.05, 4.69) is 11.1 Å². The van der Waals surface area contributed by atoms with Gasteiger partial charge in [-0.25, -0.2) is 12.1 Å². The summed E-state index contributed by atoms with van der Waals surface area (Å²) in [5, 5.41) is 0. The third-order valence-electron chi connectivity index (χ3n) is 0.761. The van der Waals surface area contributed by atoms with Crippen LogP contribution in [0.4, 0.5) is 12.3 Å². The molecule has 80 valence electrons. The van der Waals surface area contributed by atoms with Crippen LogP contribution < -0.4 is 0 Å². The van der Waals surface area contributed by atoms with Crippen molar-refractivity contribution in [3.05, 3.63) is 0 Å². The van der Waals surface area contributed by atoms with Crippen LogP contribution in [0, 0.1) is 0 Å². The lowest BCUT2D eigenvalue weighted by Gasteiger charge is -2.31. The van der Waals surface area contributed by atoms with Crippen LogP contribution >= 0.6 is 66.5 Å². The molecule has 0 unspecified atom stereocenters. The molecular weight excluding hydrogens is 368 g/mol. The molecule has 0 aromatic carbocycles. The highest BCUT2D eigenvalue weighted by Gasteiger charge is 2.65. The Morgan fingerprint density at radius 2 is 1.08 bits per heavy atom. The molecule has 0 aliphatic rings. The molecule has 0 amide bonds. The molecule has 0 saturated carbocycles. The Balaban J connectivity index is 5.02. The molecule has 0 radical (unpaired) electrons. The summed E-state index contributed by atoms with van der Waals surface area (Å²) < 4.78 is 37.7. The molecular formula is Cl6F3NSi3. The van der Waals surface area contributed by atoms with E-state index in [1.807, 2.05) is 0 Å². The highest BCUT2D eigenvalue weighted by molar-refractivity contribution is 7.69. The van der Waals surface area contributed by atoms with E-state index in [4.69, 9.17) is 55.4 Å². The van der Waals surface area contributed by atoms with Gasteiger partial charge in [0, 0.05) is 0 Å². The van der Waals surface area contributed by atoms with Gasteiger partial charge in [0.05, 0.1) is 0 Å². The number of hydrogen-bond acceptors (Lipinski definition) is 1. The molecule has 13 heavy (non-hydrogen) atoms. The van der Waals surface area contributed by atoms with Crippen LogP contribution in [0.1, 0.15) is 0 Å². The van der Waals surface area contributed by atoms with Crippen molar-refractivity contribution in [3.8, 4) is 0 Å². The zero-order valence-electron chi connectivity index (χ0n) is 5.35. The van der Waals surface area contributed by atoms with Gasteiger partial charge in [-0.15, -0.1) is 33.2 Å². The molecule has 1 nitrogen and oxygen atoms in total. The van der Waals surface area contributed by atoms with Gasteiger partial charge in [0.1, 0.15) is 0 Å². The lowest BCUT2D eigenvalue weighted by atomic mass is 13.8. The first-order chi connectivity index (χ1) is 5.37. The van der Waals surface area contributed by atoms with Crippen molar-refractivity contribution in [2.75, 3.05) is 0 Å². The van der Waals surface area contributed by atoms with Crippen molar-refractivity contribution >= 4 is 88.0 Å². The first-order valence-electron chi connectivity index (χ1n) is 2.37. The van der Waals surface area contributed by atoms with Gasteiger partial charge in [0.25, 0.3) is 0 Å². The fourth-order valence-electron chi connectivity index (χ4n) is 0.431. The van der Waals surface area contributed by atoms with Gasteiger partial charge in [0.2, 0.25) is 0 Å². The van der Waals surface area contributed by atoms with Crippen molar-refractivity contribution in [2.24, 2.45) is 0 Å². The summed E-state index contributed by atoms with van der Waals surface area (Å²) in [5.41, 5.74) is 0. The Kier molecular flexibility index (Phi) is 5.31. The van der Waals surface area contributed by atoms with Gasteiger partial charge < -0.3 is 0 Å². The Bertz CT molecular complexity index is 146. The molecule has 0 rings (SSSR count). The molecule has 0 aliphatic carbocycles. The molecule has 0 aliphatic heterocycles. The third-order valence-corrected chi connectivity index (χ3v) is 16.0. The summed E-state index contributed by atoms with van der Waals surface area (Å²) in [4.78, 5) is 0. The van der Waals surface area contributed by atoms with Crippen LogP contribution in [0.2, 0.25) is 0 Å². The predicted molar refractivity (Wildman–Crippen MR) is 57.5 cm³/mol. The van der Waals surface area contributed by atoms with E-state index in [1.165, 1.54) is 0 Å². The summed E-state index contributed by atoms with van der Waals surface area (Å²) >= 11 is 29.9. The third kappa shape index (κ3) is 5.14. The van der Waals surface area contributed by atoms with E-state index in [0.717, 1.165) is 0 Å². The van der Waals surface area contributed by atoms with Crippen LogP contribution in [-0.2, 0) is 0 Å². The SMILES string of the molecule is F[Si](F)(Cl)N([Si](F)(Cl)Cl)[Si](Cl)(Cl)Cl. The number of rotatable bonds is 3. The van der Waals surface area contributed by atoms with Crippen LogP contribution in [-0.4, -0.2) is 25.5 Å². The standard InChI is InChI=1S/Cl6F3NSi3/c1-11(2,3)10(12(4,5)7)13(6,8)9. The van der Waals surface area contributed by atoms with Crippen molar-refractivity contribution in [3.63, 3.8) is 0 Å². The molecule has 0 atom stereocenters. The highest BCUT2D eigenvalue weighted by Crippen LogP contribution is 2.41. The summed E-state index contributed by atoms with van der Waals surface area (Å²) in [6, 6.07) is 0. The van der Waals surface area contributed by atoms with Crippen molar-refractivity contribution in [2.45, 2.75) is 0 Å². The number of hydrogen-bond donors (Lipinski definition) is 0. The summed E-state index contributed by atoms with van der Waals surface area (Å²) in [6.07, 6.45) is -4.20. The molecule has 0 bridgehead atoms. The fourth-order valence-corrected chi connectivity index (χ4v) is 20.6. The Hall–Kier alpha value is 2.14. The van der Waals surface area contributed by atoms with E-state index < -0.39 is 25.5 Å². The van der Waals surface area contributed by atoms with E-state index in [-0.39, 0.29) is 0 Å². The van der Waals surface area contributed by atoms with Crippen LogP contribution in [0.5, 0.6) is 0 Å². The fraction of sp³-hybridized carbons (Fsp3) is 0. The minimum atomic E-state index is -5.66. The number of halogens is 9. The predicted octanol–water partition coefficient (Wildman–Crippen LogP) is 3.94. The Morgan fingerprint density at radius 1 is 0.769 bits per heavy atom. The van der Waals surface area contributed by atoms with Crippen molar-refractivity contribution < 1.29 is 12.3 Å². The van der Waals surface area contributed by atoms with Gasteiger partial charge in [-0.1, -0.05) is 33.2 Å². The lowest BCUT2D eigenvalue weighted by molar-refractivity contribution is 0.561. The molecule has 13 heteroatoms. The molecule has 0 fully saturated rings. The first kappa shape index (κ1) is 15.1. The van der Waals surface area contributed by atoms with E-state index in [1.54, 1.807) is 0 Å². The van der Waals surface area contributed by atoms with E-state index in [9.17, 15) is 12.3 Å². The van der Waals surface area contributed by atoms with Crippen molar-refractivity contribution in [1.29, 1.82) is 0 Å². The lowest BCUT2D eigenvalue weighted by Crippen LogP contribution is -2.62. The minimum Gasteiger partial charge on any atom is -0.254 e. The topological polar surface area (TPSA) is 3.24 Å². The zero-order chi connectivity index (χ0) is 11.1. The van der Waals surface area contributed by atoms with Crippen molar-refractivity contribution in [1.82, 2.24) is 3.90 Å². The maximum Gasteiger partial charge on any atom is 0.606 e. The van der Waals surface area contributed by atoms with Gasteiger partial charge in [-0.2, -0.15) is 0 Å². The molecule has 0 N–H and O–H groups in total. The van der Waals surface area contributed by atoms with Crippen LogP contribution in [0.3, 0.4) is 0 Å². The van der Waals surface area contributed by atoms with Crippen LogP contribution in [0.25, 0.3) is 0 Å². The quantitative estimate of drug-likeness (QED) is 0.539. The smallest absolute Gasteiger partial charge is 0.254 e. The molecule has 0 aromatic heterocycles. The van der Waals surface area contributed by atoms with Gasteiger partial charge in [-0.3, -0.25) is 4.11 Å². The summed E-state index contributed by atoms with van der Waals surface area (Å²) in [7, 11) is -10.6. The maximum absolute atomic E-state index is 12.9. The second-order valence-corrected chi connectivity index (χ2v) is 18.8. The molecule has 0 heterocycles. The highest BCUT2D eigenvalue weighted by atomic mass is 35.8. The Labute approximate surface area is 104 Å². The number of nitrogens with zero attached hydrogens (tertiary/aromatic N) is 1.